The van der Waals surface area contributed by atoms with Crippen LogP contribution in [-0.4, -0.2) is 0 Å². The third kappa shape index (κ3) is 1.15. The van der Waals surface area contributed by atoms with Crippen molar-refractivity contribution >= 4 is 22.0 Å². The molecule has 0 saturated carbocycles. The van der Waals surface area contributed by atoms with Crippen LogP contribution in [0, 0.1) is 5.92 Å². The fourth-order valence-corrected chi connectivity index (χ4v) is 3.52. The second-order valence-corrected chi connectivity index (χ2v) is 5.46. The number of nitrogens with one attached hydrogen (secondary N) is 1. The summed E-state index contributed by atoms with van der Waals surface area (Å²) in [5.74, 6) is 0.564. The van der Waals surface area contributed by atoms with Gasteiger partial charge in [-0.15, -0.1) is 0 Å². The number of allylic oxidation sites excluding steroid dienone is 4. The van der Waals surface area contributed by atoms with Crippen molar-refractivity contribution in [1.29, 1.82) is 0 Å². The smallest absolute Gasteiger partial charge is 0.0671 e. The Labute approximate surface area is 111 Å². The van der Waals surface area contributed by atoms with E-state index in [2.05, 4.69) is 59.9 Å². The number of hydrogen-bond donors (Lipinski definition) is 1. The quantitative estimate of drug-likeness (QED) is 0.739. The summed E-state index contributed by atoms with van der Waals surface area (Å²) in [5, 5.41) is 6.23. The Morgan fingerprint density at radius 1 is 1.05 bits per heavy atom. The molecule has 0 aromatic heterocycles. The van der Waals surface area contributed by atoms with Crippen LogP contribution in [0.25, 0.3) is 22.0 Å². The monoisotopic (exact) mass is 243 g/mol. The minimum absolute atomic E-state index is 0.564. The van der Waals surface area contributed by atoms with Crippen LogP contribution in [0.4, 0.5) is 0 Å². The Morgan fingerprint density at radius 2 is 2.00 bits per heavy atom. The van der Waals surface area contributed by atoms with E-state index in [0.29, 0.717) is 5.92 Å². The Kier molecular flexibility index (Phi) is 1.61. The first-order valence-electron chi connectivity index (χ1n) is 6.84. The molecule has 19 heavy (non-hydrogen) atoms. The molecular weight excluding hydrogens is 230 g/mol. The molecular formula is C18H13N. The van der Waals surface area contributed by atoms with E-state index in [1.807, 2.05) is 0 Å². The van der Waals surface area contributed by atoms with Gasteiger partial charge in [-0.1, -0.05) is 54.6 Å². The maximum absolute atomic E-state index is 3.54. The van der Waals surface area contributed by atoms with E-state index in [1.54, 1.807) is 0 Å². The minimum atomic E-state index is 0.564. The molecule has 0 bridgehead atoms. The molecule has 1 aliphatic heterocycles. The molecule has 2 aromatic carbocycles. The largest absolute Gasteiger partial charge is 0.355 e. The molecule has 1 nitrogen and oxygen atoms in total. The Balaban J connectivity index is 1.91. The molecule has 1 N–H and O–H groups in total. The molecule has 0 saturated heterocycles. The van der Waals surface area contributed by atoms with Crippen molar-refractivity contribution in [1.82, 2.24) is 5.32 Å². The highest BCUT2D eigenvalue weighted by molar-refractivity contribution is 6.06. The van der Waals surface area contributed by atoms with Crippen molar-refractivity contribution in [2.45, 2.75) is 6.42 Å². The third-order valence-corrected chi connectivity index (χ3v) is 4.46. The van der Waals surface area contributed by atoms with Crippen LogP contribution in [0.2, 0.25) is 0 Å². The highest BCUT2D eigenvalue weighted by atomic mass is 15.1. The van der Waals surface area contributed by atoms with Crippen LogP contribution in [0.3, 0.4) is 0 Å². The van der Waals surface area contributed by atoms with Crippen LogP contribution in [0.1, 0.15) is 17.5 Å². The Bertz CT molecular complexity index is 821. The van der Waals surface area contributed by atoms with Gasteiger partial charge in [0.05, 0.1) is 5.70 Å². The lowest BCUT2D eigenvalue weighted by molar-refractivity contribution is 0.796. The molecule has 0 spiro atoms. The third-order valence-electron chi connectivity index (χ3n) is 4.46. The number of rotatable bonds is 0. The molecule has 5 rings (SSSR count). The van der Waals surface area contributed by atoms with Crippen LogP contribution in [0.15, 0.2) is 60.3 Å². The van der Waals surface area contributed by atoms with Gasteiger partial charge in [-0.3, -0.25) is 0 Å². The van der Waals surface area contributed by atoms with Gasteiger partial charge < -0.3 is 5.32 Å². The molecule has 90 valence electrons. The first-order chi connectivity index (χ1) is 9.43. The summed E-state index contributed by atoms with van der Waals surface area (Å²) in [6, 6.07) is 13.2. The lowest BCUT2D eigenvalue weighted by Crippen LogP contribution is -2.08. The molecule has 2 aromatic rings. The maximum Gasteiger partial charge on any atom is 0.0671 e. The van der Waals surface area contributed by atoms with Crippen LogP contribution in [0.5, 0.6) is 0 Å². The van der Waals surface area contributed by atoms with Gasteiger partial charge in [-0.25, -0.2) is 0 Å². The standard InChI is InChI=1S/C18H13N/c1-2-6-12-11(5-1)9-10-14-13-7-3-4-8-15(13)17-18(19-17)16(12)14/h1-7,9-10,15,19H,8H2. The molecule has 3 aliphatic rings. The zero-order valence-electron chi connectivity index (χ0n) is 10.5. The number of fused-ring (bicyclic) bond motifs is 7. The Hall–Kier alpha value is -2.28. The second-order valence-electron chi connectivity index (χ2n) is 5.46. The first-order valence-corrected chi connectivity index (χ1v) is 6.84. The summed E-state index contributed by atoms with van der Waals surface area (Å²) in [6.07, 6.45) is 7.87. The zero-order chi connectivity index (χ0) is 12.4. The summed E-state index contributed by atoms with van der Waals surface area (Å²) < 4.78 is 0. The van der Waals surface area contributed by atoms with Crippen LogP contribution < -0.4 is 5.32 Å². The normalized spacial score (nSPS) is 22.3. The summed E-state index contributed by atoms with van der Waals surface area (Å²) in [5.41, 5.74) is 7.12. The summed E-state index contributed by atoms with van der Waals surface area (Å²) in [6.45, 7) is 0. The van der Waals surface area contributed by atoms with Gasteiger partial charge in [0.15, 0.2) is 0 Å². The second kappa shape index (κ2) is 3.18. The van der Waals surface area contributed by atoms with E-state index in [9.17, 15) is 0 Å². The predicted octanol–water partition coefficient (Wildman–Crippen LogP) is 4.08. The molecule has 0 radical (unpaired) electrons. The average molecular weight is 243 g/mol. The van der Waals surface area contributed by atoms with Gasteiger partial charge in [0, 0.05) is 17.2 Å². The van der Waals surface area contributed by atoms with Crippen molar-refractivity contribution in [3.63, 3.8) is 0 Å². The van der Waals surface area contributed by atoms with Crippen LogP contribution in [-0.2, 0) is 0 Å². The van der Waals surface area contributed by atoms with Crippen molar-refractivity contribution in [3.05, 3.63) is 71.5 Å². The SMILES string of the molecule is C1=CCC2C(=C1)c1ccc3ccccc3c1C1=C2N1. The fourth-order valence-electron chi connectivity index (χ4n) is 3.52. The van der Waals surface area contributed by atoms with Gasteiger partial charge in [0.1, 0.15) is 0 Å². The molecule has 2 aliphatic carbocycles. The minimum Gasteiger partial charge on any atom is -0.355 e. The highest BCUT2D eigenvalue weighted by Gasteiger charge is 2.40. The van der Waals surface area contributed by atoms with Gasteiger partial charge >= 0.3 is 0 Å². The van der Waals surface area contributed by atoms with Crippen molar-refractivity contribution in [2.75, 3.05) is 0 Å². The highest BCUT2D eigenvalue weighted by Crippen LogP contribution is 2.51. The summed E-state index contributed by atoms with van der Waals surface area (Å²) >= 11 is 0. The molecule has 1 atom stereocenters. The molecule has 1 heterocycles. The van der Waals surface area contributed by atoms with E-state index in [1.165, 1.54) is 38.9 Å². The topological polar surface area (TPSA) is 21.9 Å². The molecule has 0 amide bonds. The molecule has 1 heteroatoms. The first kappa shape index (κ1) is 9.62. The summed E-state index contributed by atoms with van der Waals surface area (Å²) in [4.78, 5) is 0. The molecule has 1 unspecified atom stereocenters. The van der Waals surface area contributed by atoms with Gasteiger partial charge in [0.25, 0.3) is 0 Å². The van der Waals surface area contributed by atoms with Crippen molar-refractivity contribution in [2.24, 2.45) is 5.92 Å². The van der Waals surface area contributed by atoms with E-state index in [4.69, 9.17) is 0 Å². The van der Waals surface area contributed by atoms with Crippen molar-refractivity contribution in [3.8, 4) is 0 Å². The van der Waals surface area contributed by atoms with Gasteiger partial charge in [0.2, 0.25) is 0 Å². The lowest BCUT2D eigenvalue weighted by Gasteiger charge is -2.23. The summed E-state index contributed by atoms with van der Waals surface area (Å²) in [7, 11) is 0. The van der Waals surface area contributed by atoms with E-state index in [0.717, 1.165) is 6.42 Å². The van der Waals surface area contributed by atoms with E-state index >= 15 is 0 Å². The predicted molar refractivity (Wildman–Crippen MR) is 79.2 cm³/mol. The van der Waals surface area contributed by atoms with Gasteiger partial charge in [-0.2, -0.15) is 0 Å². The zero-order valence-corrected chi connectivity index (χ0v) is 10.5. The average Bonchev–Trinajstić information content (AvgIpc) is 3.27. The van der Waals surface area contributed by atoms with Gasteiger partial charge in [-0.05, 0) is 28.3 Å². The fraction of sp³-hybridized carbons (Fsp3) is 0.111. The Morgan fingerprint density at radius 3 is 3.00 bits per heavy atom. The van der Waals surface area contributed by atoms with Crippen molar-refractivity contribution < 1.29 is 0 Å². The number of hydrogen-bond acceptors (Lipinski definition) is 1. The molecule has 0 fully saturated rings. The van der Waals surface area contributed by atoms with E-state index in [-0.39, 0.29) is 0 Å². The van der Waals surface area contributed by atoms with Crippen LogP contribution >= 0.6 is 0 Å². The maximum atomic E-state index is 3.54. The lowest BCUT2D eigenvalue weighted by atomic mass is 9.79. The number of benzene rings is 2. The van der Waals surface area contributed by atoms with E-state index < -0.39 is 0 Å².